The number of nitrogens with zero attached hydrogens (tertiary/aromatic N) is 3. The fourth-order valence-corrected chi connectivity index (χ4v) is 5.82. The average molecular weight is 534 g/mol. The predicted octanol–water partition coefficient (Wildman–Crippen LogP) is 7.29. The van der Waals surface area contributed by atoms with E-state index in [2.05, 4.69) is 16.2 Å². The summed E-state index contributed by atoms with van der Waals surface area (Å²) in [7, 11) is 0. The van der Waals surface area contributed by atoms with E-state index in [0.717, 1.165) is 53.5 Å². The molecule has 4 aromatic rings. The first-order valence-electron chi connectivity index (χ1n) is 12.5. The number of rotatable bonds is 6. The number of pyridine rings is 1. The molecule has 6 rings (SSSR count). The van der Waals surface area contributed by atoms with Crippen LogP contribution in [0.15, 0.2) is 53.2 Å². The maximum absolute atomic E-state index is 11.5. The van der Waals surface area contributed by atoms with Gasteiger partial charge in [-0.1, -0.05) is 46.6 Å². The summed E-state index contributed by atoms with van der Waals surface area (Å²) in [6, 6.07) is 15.1. The number of aromatic nitrogens is 2. The molecule has 2 aliphatic rings. The lowest BCUT2D eigenvalue weighted by atomic mass is 9.78. The van der Waals surface area contributed by atoms with Crippen molar-refractivity contribution in [1.82, 2.24) is 10.1 Å². The van der Waals surface area contributed by atoms with E-state index < -0.39 is 5.60 Å². The maximum atomic E-state index is 11.5. The zero-order valence-electron chi connectivity index (χ0n) is 20.1. The first-order valence-corrected chi connectivity index (χ1v) is 13.3. The van der Waals surface area contributed by atoms with Crippen LogP contribution in [0.3, 0.4) is 0 Å². The number of benzene rings is 2. The van der Waals surface area contributed by atoms with Crippen molar-refractivity contribution in [3.8, 4) is 17.3 Å². The molecule has 0 unspecified atom stereocenters. The summed E-state index contributed by atoms with van der Waals surface area (Å²) >= 11 is 13.0. The van der Waals surface area contributed by atoms with Gasteiger partial charge in [0, 0.05) is 28.6 Å². The van der Waals surface area contributed by atoms with Crippen LogP contribution in [0.5, 0.6) is 0 Å². The molecule has 2 aromatic carbocycles. The molecular formula is C29H25Cl2N3O3. The molecule has 2 aromatic heterocycles. The van der Waals surface area contributed by atoms with Gasteiger partial charge in [-0.05, 0) is 68.4 Å². The molecule has 37 heavy (non-hydrogen) atoms. The summed E-state index contributed by atoms with van der Waals surface area (Å²) in [5, 5.41) is 26.9. The fourth-order valence-electron chi connectivity index (χ4n) is 5.25. The van der Waals surface area contributed by atoms with Gasteiger partial charge in [-0.15, -0.1) is 0 Å². The highest BCUT2D eigenvalue weighted by Crippen LogP contribution is 2.46. The number of hydrogen-bond acceptors (Lipinski definition) is 6. The zero-order valence-corrected chi connectivity index (χ0v) is 21.6. The molecule has 1 N–H and O–H groups in total. The minimum absolute atomic E-state index is 0.00793. The van der Waals surface area contributed by atoms with Gasteiger partial charge < -0.3 is 14.4 Å². The summed E-state index contributed by atoms with van der Waals surface area (Å²) in [6.07, 6.45) is 6.34. The summed E-state index contributed by atoms with van der Waals surface area (Å²) < 4.78 is 12.1. The monoisotopic (exact) mass is 533 g/mol. The molecule has 8 heteroatoms. The third kappa shape index (κ3) is 4.73. The number of ether oxygens (including phenoxy) is 1. The molecule has 2 heterocycles. The Morgan fingerprint density at radius 2 is 1.84 bits per heavy atom. The molecular weight excluding hydrogens is 509 g/mol. The van der Waals surface area contributed by atoms with Gasteiger partial charge in [0.25, 0.3) is 0 Å². The minimum Gasteiger partial charge on any atom is -0.385 e. The van der Waals surface area contributed by atoms with Crippen LogP contribution in [0.2, 0.25) is 10.0 Å². The van der Waals surface area contributed by atoms with Crippen molar-refractivity contribution < 1.29 is 14.4 Å². The second-order valence-corrected chi connectivity index (χ2v) is 10.8. The van der Waals surface area contributed by atoms with E-state index in [4.69, 9.17) is 37.7 Å². The van der Waals surface area contributed by atoms with E-state index in [1.807, 2.05) is 30.3 Å². The van der Waals surface area contributed by atoms with Crippen LogP contribution in [0.25, 0.3) is 22.2 Å². The summed E-state index contributed by atoms with van der Waals surface area (Å²) in [6.45, 7) is 0.358. The van der Waals surface area contributed by atoms with Crippen LogP contribution < -0.4 is 0 Å². The third-order valence-corrected chi connectivity index (χ3v) is 8.17. The van der Waals surface area contributed by atoms with Crippen LogP contribution in [0.1, 0.15) is 66.9 Å². The number of nitriles is 1. The molecule has 0 aliphatic heterocycles. The Labute approximate surface area is 224 Å². The lowest BCUT2D eigenvalue weighted by Gasteiger charge is -2.36. The van der Waals surface area contributed by atoms with Crippen molar-refractivity contribution in [1.29, 1.82) is 5.26 Å². The molecule has 2 fully saturated rings. The third-order valence-electron chi connectivity index (χ3n) is 7.54. The van der Waals surface area contributed by atoms with Crippen molar-refractivity contribution in [3.63, 3.8) is 0 Å². The van der Waals surface area contributed by atoms with Crippen LogP contribution in [0, 0.1) is 11.3 Å². The van der Waals surface area contributed by atoms with Crippen molar-refractivity contribution >= 4 is 34.1 Å². The Morgan fingerprint density at radius 1 is 1.08 bits per heavy atom. The average Bonchev–Trinajstić information content (AvgIpc) is 3.68. The Morgan fingerprint density at radius 3 is 2.54 bits per heavy atom. The quantitative estimate of drug-likeness (QED) is 0.279. The Balaban J connectivity index is 1.17. The number of fused-ring (bicyclic) bond motifs is 1. The van der Waals surface area contributed by atoms with Gasteiger partial charge in [-0.3, -0.25) is 4.98 Å². The van der Waals surface area contributed by atoms with Crippen LogP contribution in [-0.2, 0) is 16.9 Å². The highest BCUT2D eigenvalue weighted by atomic mass is 35.5. The zero-order chi connectivity index (χ0) is 25.6. The largest absolute Gasteiger partial charge is 0.385 e. The van der Waals surface area contributed by atoms with E-state index >= 15 is 0 Å². The Bertz CT molecular complexity index is 1490. The van der Waals surface area contributed by atoms with Gasteiger partial charge in [-0.2, -0.15) is 5.26 Å². The molecule has 0 atom stereocenters. The van der Waals surface area contributed by atoms with Crippen molar-refractivity contribution in [2.24, 2.45) is 0 Å². The summed E-state index contributed by atoms with van der Waals surface area (Å²) in [5.74, 6) is 1.23. The number of hydrogen-bond donors (Lipinski definition) is 1. The van der Waals surface area contributed by atoms with E-state index in [1.54, 1.807) is 18.3 Å². The second kappa shape index (κ2) is 9.74. The molecule has 188 valence electrons. The molecule has 0 radical (unpaired) electrons. The highest BCUT2D eigenvalue weighted by Gasteiger charge is 2.37. The van der Waals surface area contributed by atoms with Gasteiger partial charge in [0.2, 0.25) is 0 Å². The van der Waals surface area contributed by atoms with Crippen LogP contribution in [0.4, 0.5) is 0 Å². The second-order valence-electron chi connectivity index (χ2n) is 10.0. The molecule has 0 bridgehead atoms. The van der Waals surface area contributed by atoms with Gasteiger partial charge in [0.1, 0.15) is 17.5 Å². The lowest BCUT2D eigenvalue weighted by molar-refractivity contribution is -0.0640. The standard InChI is InChI=1S/C29H25Cl2N3O3/c30-23-2-1-3-24(31)26(23)27-22(28(37-34-27)18-4-5-18)16-36-21-8-10-29(35,11-9-21)20-7-6-19-12-17(14-32)15-33-25(19)13-20/h1-3,6-7,12-13,15,18,21,35H,4-5,8-11,16H2/t21-,29+. The van der Waals surface area contributed by atoms with Gasteiger partial charge >= 0.3 is 0 Å². The topological polar surface area (TPSA) is 92.2 Å². The maximum Gasteiger partial charge on any atom is 0.145 e. The van der Waals surface area contributed by atoms with E-state index in [-0.39, 0.29) is 6.10 Å². The minimum atomic E-state index is -0.934. The number of halogens is 2. The predicted molar refractivity (Wildman–Crippen MR) is 141 cm³/mol. The van der Waals surface area contributed by atoms with Crippen LogP contribution >= 0.6 is 23.2 Å². The molecule has 0 amide bonds. The van der Waals surface area contributed by atoms with Gasteiger partial charge in [0.05, 0.1) is 39.4 Å². The lowest BCUT2D eigenvalue weighted by Crippen LogP contribution is -2.34. The molecule has 6 nitrogen and oxygen atoms in total. The van der Waals surface area contributed by atoms with E-state index in [0.29, 0.717) is 52.2 Å². The van der Waals surface area contributed by atoms with Crippen molar-refractivity contribution in [2.45, 2.75) is 62.8 Å². The Hall–Kier alpha value is -2.95. The Kier molecular flexibility index (Phi) is 6.42. The molecule has 2 saturated carbocycles. The smallest absolute Gasteiger partial charge is 0.145 e. The SMILES string of the molecule is N#Cc1cnc2cc([C@]3(O)CC[C@@H](OCc4c(-c5c(Cl)cccc5Cl)noc4C4CC4)CC3)ccc2c1. The normalized spacial score (nSPS) is 21.7. The first kappa shape index (κ1) is 24.4. The van der Waals surface area contributed by atoms with Gasteiger partial charge in [0.15, 0.2) is 0 Å². The van der Waals surface area contributed by atoms with Crippen molar-refractivity contribution in [2.75, 3.05) is 0 Å². The summed E-state index contributed by atoms with van der Waals surface area (Å²) in [5.41, 5.74) is 3.44. The van der Waals surface area contributed by atoms with Crippen LogP contribution in [-0.4, -0.2) is 21.4 Å². The van der Waals surface area contributed by atoms with Gasteiger partial charge in [-0.25, -0.2) is 0 Å². The molecule has 0 saturated heterocycles. The van der Waals surface area contributed by atoms with E-state index in [1.165, 1.54) is 0 Å². The first-order chi connectivity index (χ1) is 17.9. The summed E-state index contributed by atoms with van der Waals surface area (Å²) in [4.78, 5) is 4.39. The number of aliphatic hydroxyl groups is 1. The highest BCUT2D eigenvalue weighted by molar-refractivity contribution is 6.39. The molecule has 2 aliphatic carbocycles. The molecule has 0 spiro atoms. The fraction of sp³-hybridized carbons (Fsp3) is 0.345. The van der Waals surface area contributed by atoms with Crippen molar-refractivity contribution in [3.05, 3.63) is 81.2 Å². The van der Waals surface area contributed by atoms with E-state index in [9.17, 15) is 5.11 Å².